The van der Waals surface area contributed by atoms with E-state index in [1.54, 1.807) is 0 Å². The van der Waals surface area contributed by atoms with Gasteiger partial charge in [-0.2, -0.15) is 0 Å². The highest BCUT2D eigenvalue weighted by Crippen LogP contribution is 2.11. The molecular formula is C12H23NO4. The summed E-state index contributed by atoms with van der Waals surface area (Å²) in [4.78, 5) is 22.0. The van der Waals surface area contributed by atoms with Crippen LogP contribution in [0.4, 0.5) is 0 Å². The standard InChI is InChI=1S/C12H23NO4/c1-4-17-9-5-6-10(14)13-12(2,3)8-7-11(15)16/h4-9H2,1-3H3,(H,13,14)(H,15,16). The van der Waals surface area contributed by atoms with E-state index in [0.717, 1.165) is 0 Å². The number of carboxylic acid groups (broad SMARTS) is 1. The van der Waals surface area contributed by atoms with E-state index in [9.17, 15) is 9.59 Å². The van der Waals surface area contributed by atoms with Crippen LogP contribution in [0, 0.1) is 0 Å². The predicted octanol–water partition coefficient (Wildman–Crippen LogP) is 1.56. The van der Waals surface area contributed by atoms with Gasteiger partial charge in [0.25, 0.3) is 0 Å². The van der Waals surface area contributed by atoms with Crippen LogP contribution < -0.4 is 5.32 Å². The van der Waals surface area contributed by atoms with Crippen molar-refractivity contribution in [1.82, 2.24) is 5.32 Å². The molecule has 1 amide bonds. The molecule has 0 radical (unpaired) electrons. The monoisotopic (exact) mass is 245 g/mol. The van der Waals surface area contributed by atoms with Crippen LogP contribution in [0.1, 0.15) is 46.5 Å². The van der Waals surface area contributed by atoms with Crippen LogP contribution in [-0.2, 0) is 14.3 Å². The quantitative estimate of drug-likeness (QED) is 0.604. The Hall–Kier alpha value is -1.10. The summed E-state index contributed by atoms with van der Waals surface area (Å²) >= 11 is 0. The molecule has 100 valence electrons. The topological polar surface area (TPSA) is 75.6 Å². The summed E-state index contributed by atoms with van der Waals surface area (Å²) in [7, 11) is 0. The lowest BCUT2D eigenvalue weighted by molar-refractivity contribution is -0.137. The van der Waals surface area contributed by atoms with Gasteiger partial charge in [0.15, 0.2) is 0 Å². The predicted molar refractivity (Wildman–Crippen MR) is 64.8 cm³/mol. The molecule has 17 heavy (non-hydrogen) atoms. The third-order valence-corrected chi connectivity index (χ3v) is 2.34. The van der Waals surface area contributed by atoms with Gasteiger partial charge >= 0.3 is 5.97 Å². The lowest BCUT2D eigenvalue weighted by Crippen LogP contribution is -2.43. The first kappa shape index (κ1) is 15.9. The molecule has 5 heteroatoms. The zero-order valence-corrected chi connectivity index (χ0v) is 10.9. The summed E-state index contributed by atoms with van der Waals surface area (Å²) in [5, 5.41) is 11.4. The zero-order chi connectivity index (χ0) is 13.3. The summed E-state index contributed by atoms with van der Waals surface area (Å²) in [6.45, 7) is 6.81. The maximum atomic E-state index is 11.6. The molecule has 0 aromatic rings. The molecule has 0 fully saturated rings. The van der Waals surface area contributed by atoms with Crippen molar-refractivity contribution in [3.8, 4) is 0 Å². The molecule has 0 aliphatic rings. The zero-order valence-electron chi connectivity index (χ0n) is 10.9. The average molecular weight is 245 g/mol. The van der Waals surface area contributed by atoms with Crippen molar-refractivity contribution in [2.75, 3.05) is 13.2 Å². The second-order valence-electron chi connectivity index (χ2n) is 4.63. The van der Waals surface area contributed by atoms with Crippen molar-refractivity contribution < 1.29 is 19.4 Å². The molecule has 0 unspecified atom stereocenters. The van der Waals surface area contributed by atoms with Gasteiger partial charge in [-0.25, -0.2) is 0 Å². The van der Waals surface area contributed by atoms with E-state index in [2.05, 4.69) is 5.32 Å². The minimum Gasteiger partial charge on any atom is -0.481 e. The van der Waals surface area contributed by atoms with Gasteiger partial charge in [0, 0.05) is 31.6 Å². The Morgan fingerprint density at radius 1 is 1.29 bits per heavy atom. The summed E-state index contributed by atoms with van der Waals surface area (Å²) in [5.41, 5.74) is -0.471. The van der Waals surface area contributed by atoms with Crippen LogP contribution in [0.25, 0.3) is 0 Å². The van der Waals surface area contributed by atoms with Crippen molar-refractivity contribution in [2.45, 2.75) is 52.0 Å². The van der Waals surface area contributed by atoms with Crippen molar-refractivity contribution >= 4 is 11.9 Å². The molecule has 0 rings (SSSR count). The van der Waals surface area contributed by atoms with Crippen LogP contribution in [0.15, 0.2) is 0 Å². The number of ether oxygens (including phenoxy) is 1. The molecule has 0 atom stereocenters. The van der Waals surface area contributed by atoms with Gasteiger partial charge in [-0.1, -0.05) is 0 Å². The van der Waals surface area contributed by atoms with E-state index in [-0.39, 0.29) is 12.3 Å². The lowest BCUT2D eigenvalue weighted by atomic mass is 9.98. The molecule has 2 N–H and O–H groups in total. The maximum Gasteiger partial charge on any atom is 0.303 e. The normalized spacial score (nSPS) is 11.2. The number of hydrogen-bond donors (Lipinski definition) is 2. The Balaban J connectivity index is 3.80. The Labute approximate surface area is 103 Å². The van der Waals surface area contributed by atoms with E-state index in [1.165, 1.54) is 0 Å². The number of aliphatic carboxylic acids is 1. The molecular weight excluding hydrogens is 222 g/mol. The smallest absolute Gasteiger partial charge is 0.303 e. The highest BCUT2D eigenvalue weighted by molar-refractivity contribution is 5.76. The fourth-order valence-electron chi connectivity index (χ4n) is 1.40. The van der Waals surface area contributed by atoms with Crippen molar-refractivity contribution in [1.29, 1.82) is 0 Å². The second-order valence-corrected chi connectivity index (χ2v) is 4.63. The fraction of sp³-hybridized carbons (Fsp3) is 0.833. The SMILES string of the molecule is CCOCCCC(=O)NC(C)(C)CCC(=O)O. The van der Waals surface area contributed by atoms with Gasteiger partial charge in [0.1, 0.15) is 0 Å². The molecule has 0 spiro atoms. The van der Waals surface area contributed by atoms with Crippen LogP contribution in [0.3, 0.4) is 0 Å². The number of carboxylic acids is 1. The first-order valence-corrected chi connectivity index (χ1v) is 5.98. The third-order valence-electron chi connectivity index (χ3n) is 2.34. The first-order valence-electron chi connectivity index (χ1n) is 5.98. The van der Waals surface area contributed by atoms with Crippen LogP contribution >= 0.6 is 0 Å². The average Bonchev–Trinajstić information content (AvgIpc) is 2.21. The largest absolute Gasteiger partial charge is 0.481 e. The Morgan fingerprint density at radius 2 is 1.94 bits per heavy atom. The summed E-state index contributed by atoms with van der Waals surface area (Å²) in [6.07, 6.45) is 1.59. The van der Waals surface area contributed by atoms with Gasteiger partial charge in [-0.15, -0.1) is 0 Å². The molecule has 0 aliphatic carbocycles. The molecule has 5 nitrogen and oxygen atoms in total. The van der Waals surface area contributed by atoms with Gasteiger partial charge in [0.05, 0.1) is 0 Å². The van der Waals surface area contributed by atoms with Gasteiger partial charge in [-0.05, 0) is 33.6 Å². The highest BCUT2D eigenvalue weighted by atomic mass is 16.5. The first-order chi connectivity index (χ1) is 7.87. The van der Waals surface area contributed by atoms with Crippen LogP contribution in [0.5, 0.6) is 0 Å². The number of nitrogens with one attached hydrogen (secondary N) is 1. The van der Waals surface area contributed by atoms with E-state index in [1.807, 2.05) is 20.8 Å². The minimum atomic E-state index is -0.844. The Morgan fingerprint density at radius 3 is 2.47 bits per heavy atom. The Bertz CT molecular complexity index is 251. The van der Waals surface area contributed by atoms with Gasteiger partial charge in [-0.3, -0.25) is 9.59 Å². The van der Waals surface area contributed by atoms with Gasteiger partial charge in [0.2, 0.25) is 5.91 Å². The summed E-state index contributed by atoms with van der Waals surface area (Å²) in [6, 6.07) is 0. The molecule has 0 aliphatic heterocycles. The fourth-order valence-corrected chi connectivity index (χ4v) is 1.40. The van der Waals surface area contributed by atoms with Gasteiger partial charge < -0.3 is 15.2 Å². The maximum absolute atomic E-state index is 11.6. The lowest BCUT2D eigenvalue weighted by Gasteiger charge is -2.25. The molecule has 0 aromatic carbocycles. The third kappa shape index (κ3) is 9.81. The summed E-state index contributed by atoms with van der Waals surface area (Å²) in [5.74, 6) is -0.899. The van der Waals surface area contributed by atoms with Crippen LogP contribution in [-0.4, -0.2) is 35.7 Å². The van der Waals surface area contributed by atoms with E-state index in [4.69, 9.17) is 9.84 Å². The van der Waals surface area contributed by atoms with E-state index in [0.29, 0.717) is 32.5 Å². The number of carbonyl (C=O) groups excluding carboxylic acids is 1. The minimum absolute atomic E-state index is 0.0555. The van der Waals surface area contributed by atoms with E-state index < -0.39 is 11.5 Å². The molecule has 0 aromatic heterocycles. The van der Waals surface area contributed by atoms with Crippen molar-refractivity contribution in [3.05, 3.63) is 0 Å². The van der Waals surface area contributed by atoms with Crippen LogP contribution in [0.2, 0.25) is 0 Å². The number of hydrogen-bond acceptors (Lipinski definition) is 3. The van der Waals surface area contributed by atoms with Crippen molar-refractivity contribution in [2.24, 2.45) is 0 Å². The highest BCUT2D eigenvalue weighted by Gasteiger charge is 2.20. The second kappa shape index (κ2) is 8.06. The number of amides is 1. The van der Waals surface area contributed by atoms with Crippen molar-refractivity contribution in [3.63, 3.8) is 0 Å². The molecule has 0 heterocycles. The van der Waals surface area contributed by atoms with E-state index >= 15 is 0 Å². The molecule has 0 saturated heterocycles. The number of carbonyl (C=O) groups is 2. The summed E-state index contributed by atoms with van der Waals surface area (Å²) < 4.78 is 5.14. The number of rotatable bonds is 9. The molecule has 0 saturated carbocycles. The Kier molecular flexibility index (Phi) is 7.54. The molecule has 0 bridgehead atoms.